The maximum atomic E-state index is 13.6. The number of carbonyl (C=O) groups is 3. The number of nitrogens with one attached hydrogen (secondary N) is 1. The number of fused-ring (bicyclic) bond motifs is 3. The number of aromatic nitrogens is 1. The van der Waals surface area contributed by atoms with Crippen molar-refractivity contribution in [3.8, 4) is 5.88 Å². The van der Waals surface area contributed by atoms with Crippen molar-refractivity contribution in [1.82, 2.24) is 15.2 Å². The van der Waals surface area contributed by atoms with Gasteiger partial charge in [0.05, 0.1) is 13.2 Å². The summed E-state index contributed by atoms with van der Waals surface area (Å²) >= 11 is 1.65. The molecule has 4 bridgehead atoms. The van der Waals surface area contributed by atoms with Crippen LogP contribution in [0.1, 0.15) is 52.0 Å². The zero-order chi connectivity index (χ0) is 26.7. The second-order valence-corrected chi connectivity index (χ2v) is 11.6. The van der Waals surface area contributed by atoms with Gasteiger partial charge in [-0.05, 0) is 61.1 Å². The Morgan fingerprint density at radius 3 is 2.68 bits per heavy atom. The van der Waals surface area contributed by atoms with Gasteiger partial charge in [0, 0.05) is 28.3 Å². The molecule has 2 aromatic rings. The zero-order valence-electron chi connectivity index (χ0n) is 21.8. The SMILES string of the molecule is CSc1cc2cc3c(nccc13)O[C@@H]1C[C@@H](C(=O)O)N(C1)C(=O)[C@H](C(C)(C)C)NC(=O)OCCCCC2. The maximum absolute atomic E-state index is 13.6. The number of hydrogen-bond acceptors (Lipinski definition) is 7. The number of aryl methyl sites for hydroxylation is 1. The molecule has 4 rings (SSSR count). The first-order valence-electron chi connectivity index (χ1n) is 12.7. The molecule has 10 heteroatoms. The van der Waals surface area contributed by atoms with Gasteiger partial charge in [-0.3, -0.25) is 4.79 Å². The van der Waals surface area contributed by atoms with Crippen LogP contribution >= 0.6 is 11.8 Å². The lowest BCUT2D eigenvalue weighted by Crippen LogP contribution is -2.57. The molecule has 200 valence electrons. The van der Waals surface area contributed by atoms with Gasteiger partial charge in [0.1, 0.15) is 18.2 Å². The third-order valence-electron chi connectivity index (χ3n) is 6.91. The van der Waals surface area contributed by atoms with Crippen molar-refractivity contribution in [3.05, 3.63) is 30.0 Å². The van der Waals surface area contributed by atoms with Gasteiger partial charge in [-0.15, -0.1) is 11.8 Å². The van der Waals surface area contributed by atoms with E-state index in [1.165, 1.54) is 4.90 Å². The largest absolute Gasteiger partial charge is 0.480 e. The summed E-state index contributed by atoms with van der Waals surface area (Å²) in [7, 11) is 0. The van der Waals surface area contributed by atoms with Crippen LogP contribution in [0.3, 0.4) is 0 Å². The van der Waals surface area contributed by atoms with E-state index in [1.807, 2.05) is 33.1 Å². The van der Waals surface area contributed by atoms with Crippen LogP contribution in [-0.2, 0) is 20.7 Å². The number of benzene rings is 1. The van der Waals surface area contributed by atoms with Crippen LogP contribution in [-0.4, -0.2) is 70.6 Å². The van der Waals surface area contributed by atoms with E-state index in [-0.39, 0.29) is 19.6 Å². The number of hydrogen-bond donors (Lipinski definition) is 2. The molecule has 2 N–H and O–H groups in total. The third kappa shape index (κ3) is 6.11. The number of alkyl carbamates (subject to hydrolysis) is 1. The fourth-order valence-electron chi connectivity index (χ4n) is 4.95. The van der Waals surface area contributed by atoms with Crippen LogP contribution in [0.5, 0.6) is 5.88 Å². The number of rotatable bonds is 2. The summed E-state index contributed by atoms with van der Waals surface area (Å²) in [6.07, 6.45) is 5.99. The lowest BCUT2D eigenvalue weighted by atomic mass is 9.85. The monoisotopic (exact) mass is 529 g/mol. The maximum Gasteiger partial charge on any atom is 0.407 e. The lowest BCUT2D eigenvalue weighted by Gasteiger charge is -2.34. The van der Waals surface area contributed by atoms with E-state index in [4.69, 9.17) is 9.47 Å². The minimum atomic E-state index is -1.11. The molecule has 0 unspecified atom stereocenters. The molecule has 9 nitrogen and oxygen atoms in total. The van der Waals surface area contributed by atoms with E-state index in [1.54, 1.807) is 18.0 Å². The molecule has 0 spiro atoms. The van der Waals surface area contributed by atoms with E-state index in [0.29, 0.717) is 12.3 Å². The van der Waals surface area contributed by atoms with Crippen molar-refractivity contribution in [2.45, 2.75) is 76.0 Å². The molecule has 1 aromatic heterocycles. The second kappa shape index (κ2) is 11.2. The van der Waals surface area contributed by atoms with Crippen LogP contribution in [0, 0.1) is 5.41 Å². The number of thioether (sulfide) groups is 1. The Morgan fingerprint density at radius 2 is 1.97 bits per heavy atom. The van der Waals surface area contributed by atoms with E-state index in [9.17, 15) is 19.5 Å². The van der Waals surface area contributed by atoms with Gasteiger partial charge in [0.2, 0.25) is 11.8 Å². The van der Waals surface area contributed by atoms with Crippen LogP contribution < -0.4 is 10.1 Å². The van der Waals surface area contributed by atoms with Crippen molar-refractivity contribution in [1.29, 1.82) is 0 Å². The third-order valence-corrected chi connectivity index (χ3v) is 7.69. The molecule has 1 aromatic carbocycles. The standard InChI is InChI=1S/C27H35N3O6S/c1-27(2,3)22-24(31)30-15-17(14-20(30)25(32)33)36-23-19-12-16(8-6-5-7-11-35-26(34)29-22)13-21(37-4)18(19)9-10-28-23/h9-10,12-13,17,20,22H,5-8,11,14-15H2,1-4H3,(H,29,34)(H,32,33)/t17-,20+,22-/m1/s1. The van der Waals surface area contributed by atoms with Gasteiger partial charge in [0.15, 0.2) is 0 Å². The van der Waals surface area contributed by atoms with Crippen LogP contribution in [0.15, 0.2) is 29.3 Å². The number of carboxylic acid groups (broad SMARTS) is 1. The first-order chi connectivity index (χ1) is 17.6. The van der Waals surface area contributed by atoms with Crippen molar-refractivity contribution < 1.29 is 29.0 Å². The van der Waals surface area contributed by atoms with Gasteiger partial charge in [0.25, 0.3) is 0 Å². The average Bonchev–Trinajstić information content (AvgIpc) is 3.27. The molecule has 2 amide bonds. The number of carboxylic acids is 1. The van der Waals surface area contributed by atoms with Crippen molar-refractivity contribution in [2.24, 2.45) is 5.41 Å². The summed E-state index contributed by atoms with van der Waals surface area (Å²) in [5.74, 6) is -1.14. The topological polar surface area (TPSA) is 118 Å². The molecule has 0 saturated carbocycles. The molecule has 1 fully saturated rings. The molecular weight excluding hydrogens is 494 g/mol. The predicted octanol–water partition coefficient (Wildman–Crippen LogP) is 4.26. The highest BCUT2D eigenvalue weighted by Crippen LogP contribution is 2.35. The van der Waals surface area contributed by atoms with Crippen LogP contribution in [0.4, 0.5) is 4.79 Å². The summed E-state index contributed by atoms with van der Waals surface area (Å²) in [5, 5.41) is 14.5. The van der Waals surface area contributed by atoms with Gasteiger partial charge >= 0.3 is 12.1 Å². The van der Waals surface area contributed by atoms with Gasteiger partial charge in [-0.25, -0.2) is 14.6 Å². The van der Waals surface area contributed by atoms with E-state index in [0.717, 1.165) is 40.5 Å². The zero-order valence-corrected chi connectivity index (χ0v) is 22.6. The predicted molar refractivity (Wildman–Crippen MR) is 141 cm³/mol. The second-order valence-electron chi connectivity index (χ2n) is 10.7. The first-order valence-corrected chi connectivity index (χ1v) is 13.9. The smallest absolute Gasteiger partial charge is 0.407 e. The molecule has 3 heterocycles. The highest BCUT2D eigenvalue weighted by Gasteiger charge is 2.46. The average molecular weight is 530 g/mol. The minimum Gasteiger partial charge on any atom is -0.480 e. The van der Waals surface area contributed by atoms with Crippen LogP contribution in [0.2, 0.25) is 0 Å². The number of nitrogens with zero attached hydrogens (tertiary/aromatic N) is 2. The summed E-state index contributed by atoms with van der Waals surface area (Å²) < 4.78 is 11.7. The Morgan fingerprint density at radius 1 is 1.19 bits per heavy atom. The Balaban J connectivity index is 1.73. The summed E-state index contributed by atoms with van der Waals surface area (Å²) in [5.41, 5.74) is 0.495. The summed E-state index contributed by atoms with van der Waals surface area (Å²) in [6, 6.07) is 4.20. The van der Waals surface area contributed by atoms with Gasteiger partial charge in [-0.1, -0.05) is 20.8 Å². The molecule has 2 aliphatic heterocycles. The highest BCUT2D eigenvalue weighted by atomic mass is 32.2. The molecule has 3 atom stereocenters. The molecule has 37 heavy (non-hydrogen) atoms. The fourth-order valence-corrected chi connectivity index (χ4v) is 5.62. The van der Waals surface area contributed by atoms with Gasteiger partial charge < -0.3 is 24.8 Å². The fraction of sp³-hybridized carbons (Fsp3) is 0.556. The summed E-state index contributed by atoms with van der Waals surface area (Å²) in [4.78, 5) is 45.2. The number of cyclic esters (lactones) is 1. The van der Waals surface area contributed by atoms with Crippen molar-refractivity contribution in [2.75, 3.05) is 19.4 Å². The molecule has 0 aliphatic carbocycles. The number of pyridine rings is 1. The number of aliphatic carboxylic acids is 1. The Kier molecular flexibility index (Phi) is 8.16. The minimum absolute atomic E-state index is 0.0756. The Bertz CT molecular complexity index is 1180. The first kappa shape index (κ1) is 27.0. The Hall–Kier alpha value is -3.01. The number of carbonyl (C=O) groups excluding carboxylic acids is 2. The lowest BCUT2D eigenvalue weighted by molar-refractivity contribution is -0.150. The molecule has 0 radical (unpaired) electrons. The normalized spacial score (nSPS) is 23.7. The molecule has 1 saturated heterocycles. The van der Waals surface area contributed by atoms with E-state index in [2.05, 4.69) is 22.4 Å². The van der Waals surface area contributed by atoms with Crippen LogP contribution in [0.25, 0.3) is 10.8 Å². The van der Waals surface area contributed by atoms with Crippen molar-refractivity contribution in [3.63, 3.8) is 0 Å². The van der Waals surface area contributed by atoms with E-state index >= 15 is 0 Å². The molecular formula is C27H35N3O6S. The number of ether oxygens (including phenoxy) is 2. The van der Waals surface area contributed by atoms with Crippen molar-refractivity contribution >= 4 is 40.5 Å². The summed E-state index contributed by atoms with van der Waals surface area (Å²) in [6.45, 7) is 5.79. The molecule has 2 aliphatic rings. The quantitative estimate of drug-likeness (QED) is 0.554. The van der Waals surface area contributed by atoms with Gasteiger partial charge in [-0.2, -0.15) is 0 Å². The Labute approximate surface area is 221 Å². The highest BCUT2D eigenvalue weighted by molar-refractivity contribution is 7.98. The number of amides is 2. The van der Waals surface area contributed by atoms with E-state index < -0.39 is 41.6 Å².